The lowest BCUT2D eigenvalue weighted by Gasteiger charge is -2.06. The molecular formula is C29H23N3O3. The summed E-state index contributed by atoms with van der Waals surface area (Å²) in [5, 5.41) is 11.6. The maximum absolute atomic E-state index is 13.3. The molecule has 0 amide bonds. The van der Waals surface area contributed by atoms with Gasteiger partial charge in [-0.2, -0.15) is 5.26 Å². The summed E-state index contributed by atoms with van der Waals surface area (Å²) in [4.78, 5) is 16.4. The number of methoxy groups -OCH3 is 2. The number of fused-ring (bicyclic) bond motifs is 2. The fraction of sp³-hybridized carbons (Fsp3) is 0.103. The van der Waals surface area contributed by atoms with E-state index >= 15 is 0 Å². The molecule has 0 aliphatic rings. The predicted molar refractivity (Wildman–Crippen MR) is 137 cm³/mol. The van der Waals surface area contributed by atoms with Crippen molar-refractivity contribution >= 4 is 33.7 Å². The highest BCUT2D eigenvalue weighted by atomic mass is 16.5. The first-order valence-corrected chi connectivity index (χ1v) is 11.1. The number of hydrogen-bond acceptors (Lipinski definition) is 4. The molecule has 0 spiro atoms. The molecule has 0 radical (unpaired) electrons. The minimum Gasteiger partial charge on any atom is -0.497 e. The molecule has 0 fully saturated rings. The van der Waals surface area contributed by atoms with Crippen LogP contribution in [-0.2, 0) is 6.54 Å². The molecule has 0 bridgehead atoms. The first-order valence-electron chi connectivity index (χ1n) is 11.1. The van der Waals surface area contributed by atoms with E-state index in [9.17, 15) is 10.1 Å². The van der Waals surface area contributed by atoms with E-state index < -0.39 is 0 Å². The lowest BCUT2D eigenvalue weighted by atomic mass is 10.0. The first kappa shape index (κ1) is 22.1. The number of para-hydroxylation sites is 1. The first-order chi connectivity index (χ1) is 17.1. The van der Waals surface area contributed by atoms with Gasteiger partial charge in [-0.25, -0.2) is 0 Å². The van der Waals surface area contributed by atoms with Crippen molar-refractivity contribution in [3.05, 3.63) is 101 Å². The Morgan fingerprint density at radius 1 is 1.00 bits per heavy atom. The highest BCUT2D eigenvalue weighted by Gasteiger charge is 2.18. The number of carbonyl (C=O) groups excluding carboxylic acids is 1. The van der Waals surface area contributed by atoms with Crippen LogP contribution in [0.1, 0.15) is 21.5 Å². The Kier molecular flexibility index (Phi) is 5.82. The second-order valence-corrected chi connectivity index (χ2v) is 8.19. The van der Waals surface area contributed by atoms with Gasteiger partial charge in [0.25, 0.3) is 0 Å². The SMILES string of the molecule is COc1ccc(Cn2cc(/C=C(\C#N)C(=O)c3c[nH]c4cc(OC)ccc34)c3ccccc32)cc1. The van der Waals surface area contributed by atoms with Gasteiger partial charge in [-0.1, -0.05) is 30.3 Å². The van der Waals surface area contributed by atoms with E-state index in [1.54, 1.807) is 32.6 Å². The average Bonchev–Trinajstić information content (AvgIpc) is 3.48. The van der Waals surface area contributed by atoms with Crippen molar-refractivity contribution in [1.29, 1.82) is 5.26 Å². The standard InChI is InChI=1S/C29H23N3O3/c1-34-22-9-7-19(8-10-22)17-32-18-21(24-5-3-4-6-28(24)32)13-20(15-30)29(33)26-16-31-27-14-23(35-2)11-12-25(26)27/h3-14,16,18,31H,17H2,1-2H3/b20-13+. The average molecular weight is 462 g/mol. The van der Waals surface area contributed by atoms with Crippen molar-refractivity contribution < 1.29 is 14.3 Å². The van der Waals surface area contributed by atoms with Gasteiger partial charge in [-0.3, -0.25) is 4.79 Å². The molecule has 5 aromatic rings. The van der Waals surface area contributed by atoms with Gasteiger partial charge in [0.1, 0.15) is 23.1 Å². The van der Waals surface area contributed by atoms with Gasteiger partial charge in [0, 0.05) is 57.9 Å². The predicted octanol–water partition coefficient (Wildman–Crippen LogP) is 5.98. The summed E-state index contributed by atoms with van der Waals surface area (Å²) in [6, 6.07) is 23.5. The molecule has 35 heavy (non-hydrogen) atoms. The Morgan fingerprint density at radius 2 is 1.74 bits per heavy atom. The van der Waals surface area contributed by atoms with Crippen LogP contribution in [0.5, 0.6) is 11.5 Å². The number of Topliss-reactive ketones (excluding diaryl/α,β-unsaturated/α-hetero) is 1. The molecule has 6 heteroatoms. The van der Waals surface area contributed by atoms with E-state index in [0.717, 1.165) is 38.7 Å². The molecular weight excluding hydrogens is 438 g/mol. The Bertz CT molecular complexity index is 1620. The van der Waals surface area contributed by atoms with Crippen molar-refractivity contribution in [2.75, 3.05) is 14.2 Å². The Morgan fingerprint density at radius 3 is 2.49 bits per heavy atom. The number of nitrogens with zero attached hydrogens (tertiary/aromatic N) is 2. The fourth-order valence-corrected chi connectivity index (χ4v) is 4.32. The Balaban J connectivity index is 1.53. The van der Waals surface area contributed by atoms with Crippen molar-refractivity contribution in [2.24, 2.45) is 0 Å². The molecule has 1 N–H and O–H groups in total. The third-order valence-electron chi connectivity index (χ3n) is 6.13. The summed E-state index contributed by atoms with van der Waals surface area (Å²) in [6.45, 7) is 0.651. The van der Waals surface area contributed by atoms with Crippen LogP contribution in [0.15, 0.2) is 84.7 Å². The number of rotatable bonds is 7. The molecule has 3 aromatic carbocycles. The summed E-state index contributed by atoms with van der Waals surface area (Å²) < 4.78 is 12.6. The monoisotopic (exact) mass is 461 g/mol. The number of aromatic nitrogens is 2. The van der Waals surface area contributed by atoms with Crippen LogP contribution in [0, 0.1) is 11.3 Å². The highest BCUT2D eigenvalue weighted by Crippen LogP contribution is 2.28. The largest absolute Gasteiger partial charge is 0.497 e. The maximum atomic E-state index is 13.3. The Labute approximate surface area is 202 Å². The van der Waals surface area contributed by atoms with Crippen molar-refractivity contribution in [3.63, 3.8) is 0 Å². The lowest BCUT2D eigenvalue weighted by Crippen LogP contribution is -2.01. The molecule has 2 heterocycles. The zero-order valence-corrected chi connectivity index (χ0v) is 19.4. The molecule has 172 valence electrons. The second kappa shape index (κ2) is 9.24. The number of H-pyrrole nitrogens is 1. The van der Waals surface area contributed by atoms with Gasteiger partial charge < -0.3 is 19.0 Å². The van der Waals surface area contributed by atoms with Crippen LogP contribution in [0.4, 0.5) is 0 Å². The van der Waals surface area contributed by atoms with Gasteiger partial charge in [0.2, 0.25) is 5.78 Å². The van der Waals surface area contributed by atoms with Gasteiger partial charge in [0.15, 0.2) is 0 Å². The molecule has 0 saturated carbocycles. The molecule has 0 unspecified atom stereocenters. The summed E-state index contributed by atoms with van der Waals surface area (Å²) in [7, 11) is 3.24. The third-order valence-corrected chi connectivity index (χ3v) is 6.13. The number of carbonyl (C=O) groups is 1. The molecule has 0 aliphatic heterocycles. The smallest absolute Gasteiger partial charge is 0.205 e. The molecule has 2 aromatic heterocycles. The normalized spacial score (nSPS) is 11.5. The maximum Gasteiger partial charge on any atom is 0.205 e. The number of aromatic amines is 1. The van der Waals surface area contributed by atoms with E-state index in [2.05, 4.69) is 15.6 Å². The fourth-order valence-electron chi connectivity index (χ4n) is 4.32. The van der Waals surface area contributed by atoms with Crippen molar-refractivity contribution in [2.45, 2.75) is 6.54 Å². The van der Waals surface area contributed by atoms with Gasteiger partial charge in [-0.15, -0.1) is 0 Å². The van der Waals surface area contributed by atoms with Crippen LogP contribution in [-0.4, -0.2) is 29.6 Å². The third kappa shape index (κ3) is 4.16. The van der Waals surface area contributed by atoms with Crippen LogP contribution in [0.3, 0.4) is 0 Å². The Hall–Kier alpha value is -4.76. The van der Waals surface area contributed by atoms with Crippen molar-refractivity contribution in [1.82, 2.24) is 9.55 Å². The van der Waals surface area contributed by atoms with Crippen LogP contribution in [0.25, 0.3) is 27.9 Å². The quantitative estimate of drug-likeness (QED) is 0.184. The van der Waals surface area contributed by atoms with E-state index in [0.29, 0.717) is 17.9 Å². The summed E-state index contributed by atoms with van der Waals surface area (Å²) in [6.07, 6.45) is 5.31. The lowest BCUT2D eigenvalue weighted by molar-refractivity contribution is 0.104. The van der Waals surface area contributed by atoms with Gasteiger partial charge in [-0.05, 0) is 42.0 Å². The van der Waals surface area contributed by atoms with Gasteiger partial charge >= 0.3 is 0 Å². The summed E-state index contributed by atoms with van der Waals surface area (Å²) >= 11 is 0. The number of nitrogens with one attached hydrogen (secondary N) is 1. The van der Waals surface area contributed by atoms with E-state index in [-0.39, 0.29) is 11.4 Å². The topological polar surface area (TPSA) is 80.0 Å². The van der Waals surface area contributed by atoms with Crippen LogP contribution >= 0.6 is 0 Å². The number of benzene rings is 3. The molecule has 0 aliphatic carbocycles. The molecule has 0 saturated heterocycles. The van der Waals surface area contributed by atoms with Gasteiger partial charge in [0.05, 0.1) is 14.2 Å². The molecule has 0 atom stereocenters. The van der Waals surface area contributed by atoms with Crippen LogP contribution in [0.2, 0.25) is 0 Å². The number of hydrogen-bond donors (Lipinski definition) is 1. The van der Waals surface area contributed by atoms with E-state index in [4.69, 9.17) is 9.47 Å². The zero-order chi connectivity index (χ0) is 24.4. The minimum atomic E-state index is -0.323. The van der Waals surface area contributed by atoms with Crippen molar-refractivity contribution in [3.8, 4) is 17.6 Å². The molecule has 6 nitrogen and oxygen atoms in total. The minimum absolute atomic E-state index is 0.0778. The second-order valence-electron chi connectivity index (χ2n) is 8.19. The number of ketones is 1. The zero-order valence-electron chi connectivity index (χ0n) is 19.4. The number of nitriles is 1. The summed E-state index contributed by atoms with van der Waals surface area (Å²) in [5.74, 6) is 1.18. The van der Waals surface area contributed by atoms with E-state index in [1.807, 2.05) is 66.9 Å². The number of ether oxygens (including phenoxy) is 2. The van der Waals surface area contributed by atoms with Crippen LogP contribution < -0.4 is 9.47 Å². The summed E-state index contributed by atoms with van der Waals surface area (Å²) in [5.41, 5.74) is 4.28. The molecule has 5 rings (SSSR count). The number of allylic oxidation sites excluding steroid dienone is 1. The highest BCUT2D eigenvalue weighted by molar-refractivity contribution is 6.20. The van der Waals surface area contributed by atoms with E-state index in [1.165, 1.54) is 0 Å².